The molecule has 0 spiro atoms. The molecule has 0 aliphatic heterocycles. The van der Waals surface area contributed by atoms with Crippen LogP contribution in [0.2, 0.25) is 5.04 Å². The second-order valence-corrected chi connectivity index (χ2v) is 15.7. The molecule has 5 rings (SSSR count). The van der Waals surface area contributed by atoms with Gasteiger partial charge in [-0.3, -0.25) is 4.99 Å². The summed E-state index contributed by atoms with van der Waals surface area (Å²) in [5.41, 5.74) is 3.16. The lowest BCUT2D eigenvalue weighted by atomic mass is 10.0. The third kappa shape index (κ3) is 6.51. The van der Waals surface area contributed by atoms with Crippen LogP contribution >= 0.6 is 0 Å². The number of benzene rings is 4. The second kappa shape index (κ2) is 13.1. The first-order chi connectivity index (χ1) is 20.0. The lowest BCUT2D eigenvalue weighted by Crippen LogP contribution is -2.66. The van der Waals surface area contributed by atoms with E-state index in [9.17, 15) is 0 Å². The molecule has 1 atom stereocenters. The van der Waals surface area contributed by atoms with Crippen LogP contribution in [0.1, 0.15) is 56.5 Å². The molecule has 208 valence electrons. The first-order valence-corrected chi connectivity index (χ1v) is 16.4. The summed E-state index contributed by atoms with van der Waals surface area (Å²) in [6.45, 7) is 7.61. The van der Waals surface area contributed by atoms with Crippen LogP contribution in [0.4, 0.5) is 0 Å². The molecule has 0 aliphatic rings. The normalized spacial score (nSPS) is 12.6. The van der Waals surface area contributed by atoms with Gasteiger partial charge >= 0.3 is 0 Å². The number of aliphatic imine (C=N–C) groups is 1. The molecule has 0 fully saturated rings. The van der Waals surface area contributed by atoms with Crippen LogP contribution in [0.25, 0.3) is 0 Å². The molecule has 0 bridgehead atoms. The van der Waals surface area contributed by atoms with Gasteiger partial charge in [-0.25, -0.2) is 0 Å². The number of furan rings is 1. The molecule has 4 heteroatoms. The van der Waals surface area contributed by atoms with Crippen LogP contribution in [-0.4, -0.2) is 20.6 Å². The maximum absolute atomic E-state index is 7.17. The Morgan fingerprint density at radius 2 is 1.17 bits per heavy atom. The van der Waals surface area contributed by atoms with Crippen molar-refractivity contribution in [1.82, 2.24) is 0 Å². The van der Waals surface area contributed by atoms with Gasteiger partial charge in [0, 0.05) is 17.7 Å². The topological polar surface area (TPSA) is 34.7 Å². The van der Waals surface area contributed by atoms with Gasteiger partial charge in [0.05, 0.1) is 12.0 Å². The quantitative estimate of drug-likeness (QED) is 0.0932. The summed E-state index contributed by atoms with van der Waals surface area (Å²) in [6, 6.07) is 46.3. The van der Waals surface area contributed by atoms with Crippen molar-refractivity contribution in [2.24, 2.45) is 4.99 Å². The van der Waals surface area contributed by atoms with Crippen LogP contribution in [0.5, 0.6) is 0 Å². The average molecular weight is 558 g/mol. The van der Waals surface area contributed by atoms with E-state index in [-0.39, 0.29) is 11.1 Å². The van der Waals surface area contributed by atoms with Gasteiger partial charge in [0.2, 0.25) is 0 Å². The zero-order valence-corrected chi connectivity index (χ0v) is 25.2. The fourth-order valence-corrected chi connectivity index (χ4v) is 10.3. The standard InChI is InChI=1S/C37H39NO2Si/c1-37(2,3)41(32-22-12-6-13-23-32,33-24-14-7-15-25-33)40-29-16-26-34(35-27-17-28-39-35)38-36(30-18-8-4-9-19-30)31-20-10-5-11-21-31/h4-15,17-25,27-28,34H,16,26,29H2,1-3H3. The Balaban J connectivity index is 1.44. The van der Waals surface area contributed by atoms with Crippen molar-refractivity contribution in [1.29, 1.82) is 0 Å². The van der Waals surface area contributed by atoms with E-state index in [1.54, 1.807) is 6.26 Å². The van der Waals surface area contributed by atoms with Crippen molar-refractivity contribution in [3.63, 3.8) is 0 Å². The molecule has 1 heterocycles. The molecule has 1 unspecified atom stereocenters. The first-order valence-electron chi connectivity index (χ1n) is 14.5. The van der Waals surface area contributed by atoms with Gasteiger partial charge in [0.15, 0.2) is 0 Å². The Kier molecular flexibility index (Phi) is 9.13. The van der Waals surface area contributed by atoms with Crippen LogP contribution < -0.4 is 10.4 Å². The zero-order chi connectivity index (χ0) is 28.5. The van der Waals surface area contributed by atoms with E-state index in [0.29, 0.717) is 6.61 Å². The molecule has 0 aliphatic carbocycles. The van der Waals surface area contributed by atoms with Crippen molar-refractivity contribution in [2.45, 2.75) is 44.7 Å². The summed E-state index contributed by atoms with van der Waals surface area (Å²) in [7, 11) is -2.58. The summed E-state index contributed by atoms with van der Waals surface area (Å²) in [4.78, 5) is 5.34. The van der Waals surface area contributed by atoms with Gasteiger partial charge in [-0.2, -0.15) is 0 Å². The van der Waals surface area contributed by atoms with E-state index in [1.807, 2.05) is 24.3 Å². The first kappa shape index (κ1) is 28.5. The molecule has 1 aromatic heterocycles. The third-order valence-electron chi connectivity index (χ3n) is 7.61. The van der Waals surface area contributed by atoms with E-state index in [1.165, 1.54) is 10.4 Å². The van der Waals surface area contributed by atoms with Gasteiger partial charge in [0.25, 0.3) is 8.32 Å². The van der Waals surface area contributed by atoms with E-state index in [2.05, 4.69) is 130 Å². The minimum atomic E-state index is -2.58. The minimum Gasteiger partial charge on any atom is -0.467 e. The number of hydrogen-bond acceptors (Lipinski definition) is 3. The Hall–Kier alpha value is -3.99. The van der Waals surface area contributed by atoms with Gasteiger partial charge in [-0.05, 0) is 40.4 Å². The minimum absolute atomic E-state index is 0.0535. The van der Waals surface area contributed by atoms with E-state index in [4.69, 9.17) is 13.8 Å². The average Bonchev–Trinajstić information content (AvgIpc) is 3.55. The number of hydrogen-bond donors (Lipinski definition) is 0. The molecule has 0 saturated carbocycles. The molecule has 5 aromatic rings. The zero-order valence-electron chi connectivity index (χ0n) is 24.2. The monoisotopic (exact) mass is 557 g/mol. The summed E-state index contributed by atoms with van der Waals surface area (Å²) in [6.07, 6.45) is 3.41. The molecule has 41 heavy (non-hydrogen) atoms. The predicted molar refractivity (Wildman–Crippen MR) is 173 cm³/mol. The Labute approximate surface area is 245 Å². The van der Waals surface area contributed by atoms with Gasteiger partial charge < -0.3 is 8.84 Å². The van der Waals surface area contributed by atoms with Crippen molar-refractivity contribution >= 4 is 24.4 Å². The van der Waals surface area contributed by atoms with E-state index < -0.39 is 8.32 Å². The highest BCUT2D eigenvalue weighted by Gasteiger charge is 2.50. The van der Waals surface area contributed by atoms with Crippen LogP contribution in [0.3, 0.4) is 0 Å². The van der Waals surface area contributed by atoms with E-state index in [0.717, 1.165) is 35.4 Å². The van der Waals surface area contributed by atoms with Crippen molar-refractivity contribution in [3.8, 4) is 0 Å². The molecule has 0 saturated heterocycles. The molecule has 0 N–H and O–H groups in total. The maximum Gasteiger partial charge on any atom is 0.261 e. The lowest BCUT2D eigenvalue weighted by molar-refractivity contribution is 0.281. The Morgan fingerprint density at radius 1 is 0.683 bits per heavy atom. The fraction of sp³-hybridized carbons (Fsp3) is 0.216. The van der Waals surface area contributed by atoms with Gasteiger partial charge in [-0.15, -0.1) is 0 Å². The number of nitrogens with zero attached hydrogens (tertiary/aromatic N) is 1. The van der Waals surface area contributed by atoms with Crippen LogP contribution in [-0.2, 0) is 4.43 Å². The predicted octanol–water partition coefficient (Wildman–Crippen LogP) is 8.22. The Bertz CT molecular complexity index is 1410. The molecule has 4 aromatic carbocycles. The third-order valence-corrected chi connectivity index (χ3v) is 12.7. The lowest BCUT2D eigenvalue weighted by Gasteiger charge is -2.43. The Morgan fingerprint density at radius 3 is 1.61 bits per heavy atom. The highest BCUT2D eigenvalue weighted by Crippen LogP contribution is 2.37. The second-order valence-electron chi connectivity index (χ2n) is 11.4. The van der Waals surface area contributed by atoms with Crippen LogP contribution in [0, 0.1) is 0 Å². The fourth-order valence-electron chi connectivity index (χ4n) is 5.68. The summed E-state index contributed by atoms with van der Waals surface area (Å²) >= 11 is 0. The van der Waals surface area contributed by atoms with E-state index >= 15 is 0 Å². The van der Waals surface area contributed by atoms with Crippen molar-refractivity contribution < 1.29 is 8.84 Å². The van der Waals surface area contributed by atoms with Crippen LogP contribution in [0.15, 0.2) is 149 Å². The highest BCUT2D eigenvalue weighted by atomic mass is 28.4. The summed E-state index contributed by atoms with van der Waals surface area (Å²) < 4.78 is 13.1. The molecular weight excluding hydrogens is 518 g/mol. The summed E-state index contributed by atoms with van der Waals surface area (Å²) in [5, 5.41) is 2.55. The van der Waals surface area contributed by atoms with Crippen molar-refractivity contribution in [2.75, 3.05) is 6.61 Å². The molecule has 3 nitrogen and oxygen atoms in total. The maximum atomic E-state index is 7.17. The SMILES string of the molecule is CC(C)(C)[Si](OCCCC(N=C(c1ccccc1)c1ccccc1)c1ccco1)(c1ccccc1)c1ccccc1. The van der Waals surface area contributed by atoms with Gasteiger partial charge in [-0.1, -0.05) is 142 Å². The smallest absolute Gasteiger partial charge is 0.261 e. The highest BCUT2D eigenvalue weighted by molar-refractivity contribution is 6.99. The molecule has 0 amide bonds. The largest absolute Gasteiger partial charge is 0.467 e. The van der Waals surface area contributed by atoms with Gasteiger partial charge in [0.1, 0.15) is 11.8 Å². The summed E-state index contributed by atoms with van der Waals surface area (Å²) in [5.74, 6) is 0.875. The molecule has 0 radical (unpaired) electrons. The molecular formula is C37H39NO2Si. The van der Waals surface area contributed by atoms with Crippen molar-refractivity contribution in [3.05, 3.63) is 157 Å². The number of rotatable bonds is 11.